The van der Waals surface area contributed by atoms with Crippen LogP contribution in [-0.4, -0.2) is 40.1 Å². The van der Waals surface area contributed by atoms with Crippen LogP contribution in [0.15, 0.2) is 47.4 Å². The summed E-state index contributed by atoms with van der Waals surface area (Å²) >= 11 is 3.40. The van der Waals surface area contributed by atoms with Gasteiger partial charge in [0, 0.05) is 24.1 Å². The zero-order chi connectivity index (χ0) is 23.1. The van der Waals surface area contributed by atoms with Crippen LogP contribution in [0.1, 0.15) is 17.6 Å². The molecule has 4 heterocycles. The standard InChI is InChI=1S/C19H19BrN6O6/c1-21-16(28)23-5-4-10-12(25(23)18(21)30)8-24-17(29)22(2)19(31)26(24)14(10)11-6-9(20)7-13(32-3)15(11)27/h4,6-7,12,14,27H,5,8H2,1-3H3/t12-,14-/m1/s1. The molecule has 12 nitrogen and oxygen atoms in total. The lowest BCUT2D eigenvalue weighted by Crippen LogP contribution is -2.47. The van der Waals surface area contributed by atoms with E-state index >= 15 is 0 Å². The van der Waals surface area contributed by atoms with Gasteiger partial charge in [-0.25, -0.2) is 47.0 Å². The summed E-state index contributed by atoms with van der Waals surface area (Å²) in [5, 5.41) is 10.9. The molecule has 0 spiro atoms. The number of phenolic OH excluding ortho intramolecular Hbond substituents is 1. The minimum atomic E-state index is -0.905. The van der Waals surface area contributed by atoms with E-state index in [9.17, 15) is 24.3 Å². The number of benzene rings is 1. The number of methoxy groups -OCH3 is 1. The van der Waals surface area contributed by atoms with Gasteiger partial charge in [0.2, 0.25) is 0 Å². The summed E-state index contributed by atoms with van der Waals surface area (Å²) in [4.78, 5) is 51.3. The first-order valence-corrected chi connectivity index (χ1v) is 10.5. The Morgan fingerprint density at radius 2 is 1.59 bits per heavy atom. The Kier molecular flexibility index (Phi) is 4.31. The van der Waals surface area contributed by atoms with Gasteiger partial charge in [-0.15, -0.1) is 0 Å². The fourth-order valence-corrected chi connectivity index (χ4v) is 5.07. The number of fused-ring (bicyclic) bond motifs is 4. The quantitative estimate of drug-likeness (QED) is 0.456. The number of ether oxygens (including phenoxy) is 1. The lowest BCUT2D eigenvalue weighted by Gasteiger charge is -2.38. The van der Waals surface area contributed by atoms with E-state index in [1.165, 1.54) is 39.9 Å². The highest BCUT2D eigenvalue weighted by atomic mass is 79.9. The zero-order valence-corrected chi connectivity index (χ0v) is 18.9. The Morgan fingerprint density at radius 1 is 0.969 bits per heavy atom. The number of hydrogen-bond donors (Lipinski definition) is 1. The number of phenols is 1. The van der Waals surface area contributed by atoms with Crippen molar-refractivity contribution in [3.63, 3.8) is 0 Å². The van der Waals surface area contributed by atoms with Crippen molar-refractivity contribution in [2.45, 2.75) is 25.2 Å². The molecular formula is C19H19BrN6O6. The van der Waals surface area contributed by atoms with E-state index in [1.807, 2.05) is 0 Å². The van der Waals surface area contributed by atoms with Crippen LogP contribution in [0.25, 0.3) is 0 Å². The maximum Gasteiger partial charge on any atom is 0.347 e. The molecule has 13 heteroatoms. The number of hydrogen-bond acceptors (Lipinski definition) is 6. The Hall–Kier alpha value is -3.48. The third-order valence-electron chi connectivity index (χ3n) is 6.17. The smallest absolute Gasteiger partial charge is 0.347 e. The second-order valence-electron chi connectivity index (χ2n) is 7.77. The van der Waals surface area contributed by atoms with Gasteiger partial charge in [-0.3, -0.25) is 0 Å². The van der Waals surface area contributed by atoms with Gasteiger partial charge in [-0.05, 0) is 17.7 Å². The van der Waals surface area contributed by atoms with Crippen LogP contribution in [0, 0.1) is 0 Å². The molecule has 168 valence electrons. The molecule has 0 radical (unpaired) electrons. The van der Waals surface area contributed by atoms with Crippen LogP contribution in [0.3, 0.4) is 0 Å². The summed E-state index contributed by atoms with van der Waals surface area (Å²) in [7, 11) is 4.16. The third-order valence-corrected chi connectivity index (χ3v) is 6.63. The van der Waals surface area contributed by atoms with E-state index in [1.54, 1.807) is 18.2 Å². The average molecular weight is 507 g/mol. The SMILES string of the molecule is COc1cc(Br)cc([C@H]2C3=CCn4c(=O)n(C)c(=O)n4[C@@H]3Cn3c(=O)n(C)c(=O)n32)c1O. The molecule has 5 rings (SSSR count). The second-order valence-corrected chi connectivity index (χ2v) is 8.69. The number of rotatable bonds is 2. The first-order chi connectivity index (χ1) is 15.2. The molecule has 0 saturated heterocycles. The van der Waals surface area contributed by atoms with Crippen molar-refractivity contribution in [2.24, 2.45) is 14.1 Å². The average Bonchev–Trinajstić information content (AvgIpc) is 3.13. The van der Waals surface area contributed by atoms with Gasteiger partial charge in [0.25, 0.3) is 0 Å². The third kappa shape index (κ3) is 2.48. The predicted octanol–water partition coefficient (Wildman–Crippen LogP) is -0.729. The molecule has 1 aromatic carbocycles. The summed E-state index contributed by atoms with van der Waals surface area (Å²) in [6.07, 6.45) is 1.76. The highest BCUT2D eigenvalue weighted by Crippen LogP contribution is 2.45. The first-order valence-electron chi connectivity index (χ1n) is 9.70. The van der Waals surface area contributed by atoms with Gasteiger partial charge in [0.05, 0.1) is 26.2 Å². The fourth-order valence-electron chi connectivity index (χ4n) is 4.61. The van der Waals surface area contributed by atoms with Crippen LogP contribution < -0.4 is 27.5 Å². The van der Waals surface area contributed by atoms with Crippen LogP contribution in [-0.2, 0) is 27.2 Å². The van der Waals surface area contributed by atoms with Gasteiger partial charge < -0.3 is 9.84 Å². The lowest BCUT2D eigenvalue weighted by molar-refractivity contribution is 0.243. The number of aromatic nitrogens is 6. The molecule has 2 aliphatic rings. The van der Waals surface area contributed by atoms with Crippen LogP contribution >= 0.6 is 15.9 Å². The summed E-state index contributed by atoms with van der Waals surface area (Å²) in [5.41, 5.74) is -1.21. The molecule has 2 atom stereocenters. The van der Waals surface area contributed by atoms with Gasteiger partial charge in [0.1, 0.15) is 6.04 Å². The Labute approximate surface area is 187 Å². The van der Waals surface area contributed by atoms with Crippen molar-refractivity contribution in [2.75, 3.05) is 7.11 Å². The van der Waals surface area contributed by atoms with E-state index < -0.39 is 34.8 Å². The minimum absolute atomic E-state index is 0.0213. The first kappa shape index (κ1) is 20.4. The Bertz CT molecular complexity index is 1560. The molecule has 0 aliphatic carbocycles. The second kappa shape index (κ2) is 6.76. The fraction of sp³-hybridized carbons (Fsp3) is 0.368. The number of aromatic hydroxyl groups is 1. The molecule has 2 aromatic heterocycles. The largest absolute Gasteiger partial charge is 0.504 e. The molecule has 0 amide bonds. The van der Waals surface area contributed by atoms with E-state index in [0.717, 1.165) is 9.13 Å². The molecule has 0 saturated carbocycles. The van der Waals surface area contributed by atoms with E-state index in [0.29, 0.717) is 15.6 Å². The molecule has 0 unspecified atom stereocenters. The van der Waals surface area contributed by atoms with Crippen molar-refractivity contribution in [1.82, 2.24) is 27.9 Å². The normalized spacial score (nSPS) is 19.2. The summed E-state index contributed by atoms with van der Waals surface area (Å²) < 4.78 is 13.0. The maximum atomic E-state index is 13.0. The molecule has 1 N–H and O–H groups in total. The monoisotopic (exact) mass is 506 g/mol. The molecule has 0 bridgehead atoms. The van der Waals surface area contributed by atoms with Crippen molar-refractivity contribution in [3.05, 3.63) is 75.8 Å². The van der Waals surface area contributed by atoms with Crippen molar-refractivity contribution in [1.29, 1.82) is 0 Å². The lowest BCUT2D eigenvalue weighted by atomic mass is 9.89. The van der Waals surface area contributed by atoms with Crippen LogP contribution in [0.5, 0.6) is 11.5 Å². The number of nitrogens with zero attached hydrogens (tertiary/aromatic N) is 6. The van der Waals surface area contributed by atoms with Gasteiger partial charge in [0.15, 0.2) is 11.5 Å². The maximum absolute atomic E-state index is 13.0. The molecule has 32 heavy (non-hydrogen) atoms. The highest BCUT2D eigenvalue weighted by Gasteiger charge is 2.42. The topological polar surface area (TPSA) is 127 Å². The van der Waals surface area contributed by atoms with Gasteiger partial charge in [-0.1, -0.05) is 22.0 Å². The summed E-state index contributed by atoms with van der Waals surface area (Å²) in [6.45, 7) is 0.0848. The van der Waals surface area contributed by atoms with Crippen molar-refractivity contribution >= 4 is 15.9 Å². The van der Waals surface area contributed by atoms with Crippen molar-refractivity contribution in [3.8, 4) is 11.5 Å². The molecule has 2 aliphatic heterocycles. The summed E-state index contributed by atoms with van der Waals surface area (Å²) in [6, 6.07) is 1.60. The van der Waals surface area contributed by atoms with Gasteiger partial charge in [-0.2, -0.15) is 0 Å². The molecule has 3 aromatic rings. The molecular weight excluding hydrogens is 488 g/mol. The van der Waals surface area contributed by atoms with E-state index in [2.05, 4.69) is 15.9 Å². The highest BCUT2D eigenvalue weighted by molar-refractivity contribution is 9.10. The predicted molar refractivity (Wildman–Crippen MR) is 115 cm³/mol. The number of allylic oxidation sites excluding steroid dienone is 2. The zero-order valence-electron chi connectivity index (χ0n) is 17.4. The Balaban J connectivity index is 1.87. The van der Waals surface area contributed by atoms with Crippen LogP contribution in [0.4, 0.5) is 0 Å². The number of halogens is 1. The van der Waals surface area contributed by atoms with E-state index in [-0.39, 0.29) is 24.6 Å². The molecule has 0 fully saturated rings. The summed E-state index contributed by atoms with van der Waals surface area (Å²) in [5.74, 6) is -0.0139. The van der Waals surface area contributed by atoms with Gasteiger partial charge >= 0.3 is 22.8 Å². The van der Waals surface area contributed by atoms with E-state index in [4.69, 9.17) is 4.74 Å². The minimum Gasteiger partial charge on any atom is -0.504 e. The van der Waals surface area contributed by atoms with Crippen molar-refractivity contribution < 1.29 is 9.84 Å². The van der Waals surface area contributed by atoms with Crippen LogP contribution in [0.2, 0.25) is 0 Å². The Morgan fingerprint density at radius 3 is 2.25 bits per heavy atom.